The molecule has 0 atom stereocenters. The van der Waals surface area contributed by atoms with Crippen molar-refractivity contribution in [2.45, 2.75) is 6.92 Å². The summed E-state index contributed by atoms with van der Waals surface area (Å²) >= 11 is 0. The van der Waals surface area contributed by atoms with Gasteiger partial charge in [-0.15, -0.1) is 0 Å². The quantitative estimate of drug-likeness (QED) is 0.713. The van der Waals surface area contributed by atoms with Crippen molar-refractivity contribution in [1.29, 1.82) is 0 Å². The number of carbonyl (C=O) groups is 2. The number of rotatable bonds is 3. The molecule has 1 N–H and O–H groups in total. The molecule has 0 aromatic heterocycles. The smallest absolute Gasteiger partial charge is 0.258 e. The Morgan fingerprint density at radius 1 is 0.893 bits per heavy atom. The van der Waals surface area contributed by atoms with E-state index >= 15 is 0 Å². The van der Waals surface area contributed by atoms with Gasteiger partial charge < -0.3 is 10.2 Å². The molecule has 0 radical (unpaired) electrons. The minimum Gasteiger partial charge on any atom is -0.322 e. The molecule has 3 aromatic rings. The Hall–Kier alpha value is -3.66. The van der Waals surface area contributed by atoms with E-state index in [1.807, 2.05) is 61.5 Å². The largest absolute Gasteiger partial charge is 0.322 e. The van der Waals surface area contributed by atoms with E-state index in [0.717, 1.165) is 16.8 Å². The molecule has 0 bridgehead atoms. The molecule has 0 fully saturated rings. The maximum atomic E-state index is 13.0. The van der Waals surface area contributed by atoms with Crippen molar-refractivity contribution in [3.63, 3.8) is 0 Å². The summed E-state index contributed by atoms with van der Waals surface area (Å²) in [5.41, 5.74) is 4.74. The first-order valence-electron chi connectivity index (χ1n) is 9.18. The molecule has 0 aliphatic carbocycles. The molecule has 2 amide bonds. The molecule has 3 aromatic carbocycles. The number of carbonyl (C=O) groups excluding carboxylic acids is 2. The zero-order valence-corrected chi connectivity index (χ0v) is 15.6. The Balaban J connectivity index is 1.51. The van der Waals surface area contributed by atoms with Crippen LogP contribution >= 0.6 is 0 Å². The van der Waals surface area contributed by atoms with Gasteiger partial charge in [-0.3, -0.25) is 9.59 Å². The number of para-hydroxylation sites is 1. The summed E-state index contributed by atoms with van der Waals surface area (Å²) in [4.78, 5) is 27.2. The lowest BCUT2D eigenvalue weighted by molar-refractivity contribution is 0.0988. The van der Waals surface area contributed by atoms with Gasteiger partial charge in [-0.1, -0.05) is 48.6 Å². The van der Waals surface area contributed by atoms with Crippen LogP contribution in [0.3, 0.4) is 0 Å². The number of amides is 2. The highest BCUT2D eigenvalue weighted by Crippen LogP contribution is 2.27. The van der Waals surface area contributed by atoms with E-state index in [2.05, 4.69) is 5.32 Å². The van der Waals surface area contributed by atoms with E-state index in [0.29, 0.717) is 23.4 Å². The van der Waals surface area contributed by atoms with Crippen LogP contribution in [0.1, 0.15) is 31.8 Å². The van der Waals surface area contributed by atoms with Crippen molar-refractivity contribution < 1.29 is 9.59 Å². The molecule has 4 rings (SSSR count). The third-order valence-electron chi connectivity index (χ3n) is 4.84. The number of nitrogens with one attached hydrogen (secondary N) is 1. The van der Waals surface area contributed by atoms with Crippen LogP contribution in [0.4, 0.5) is 11.4 Å². The molecule has 0 unspecified atom stereocenters. The summed E-state index contributed by atoms with van der Waals surface area (Å²) in [5.74, 6) is -0.221. The fourth-order valence-electron chi connectivity index (χ4n) is 3.33. The van der Waals surface area contributed by atoms with Gasteiger partial charge in [0.2, 0.25) is 0 Å². The zero-order valence-electron chi connectivity index (χ0n) is 15.6. The highest BCUT2D eigenvalue weighted by molar-refractivity contribution is 6.09. The molecular formula is C24H20N2O2. The molecule has 28 heavy (non-hydrogen) atoms. The summed E-state index contributed by atoms with van der Waals surface area (Å²) in [6.45, 7) is 2.45. The van der Waals surface area contributed by atoms with E-state index < -0.39 is 0 Å². The van der Waals surface area contributed by atoms with Crippen molar-refractivity contribution in [1.82, 2.24) is 0 Å². The van der Waals surface area contributed by atoms with Crippen LogP contribution in [0, 0.1) is 6.92 Å². The highest BCUT2D eigenvalue weighted by atomic mass is 16.2. The summed E-state index contributed by atoms with van der Waals surface area (Å²) in [7, 11) is 0. The minimum absolute atomic E-state index is 0.0615. The second-order valence-corrected chi connectivity index (χ2v) is 6.72. The third kappa shape index (κ3) is 3.45. The van der Waals surface area contributed by atoms with Crippen LogP contribution in [-0.2, 0) is 0 Å². The molecule has 4 heteroatoms. The number of benzene rings is 3. The highest BCUT2D eigenvalue weighted by Gasteiger charge is 2.20. The molecule has 138 valence electrons. The Bertz CT molecular complexity index is 1070. The average Bonchev–Trinajstić information content (AvgIpc) is 2.73. The van der Waals surface area contributed by atoms with Crippen LogP contribution in [0.2, 0.25) is 0 Å². The van der Waals surface area contributed by atoms with Gasteiger partial charge in [-0.2, -0.15) is 0 Å². The zero-order chi connectivity index (χ0) is 19.5. The van der Waals surface area contributed by atoms with Crippen LogP contribution in [0.25, 0.3) is 6.08 Å². The average molecular weight is 368 g/mol. The van der Waals surface area contributed by atoms with E-state index in [1.165, 1.54) is 0 Å². The minimum atomic E-state index is -0.160. The van der Waals surface area contributed by atoms with Gasteiger partial charge in [0.25, 0.3) is 11.8 Å². The molecule has 0 saturated heterocycles. The Morgan fingerprint density at radius 2 is 1.61 bits per heavy atom. The second kappa shape index (κ2) is 7.53. The number of aryl methyl sites for hydroxylation is 1. The van der Waals surface area contributed by atoms with Crippen molar-refractivity contribution in [3.05, 3.63) is 101 Å². The predicted molar refractivity (Wildman–Crippen MR) is 113 cm³/mol. The first-order chi connectivity index (χ1) is 13.6. The number of hydrogen-bond acceptors (Lipinski definition) is 2. The Kier molecular flexibility index (Phi) is 4.77. The Labute approximate surface area is 164 Å². The number of fused-ring (bicyclic) bond motifs is 1. The van der Waals surface area contributed by atoms with E-state index in [9.17, 15) is 9.59 Å². The SMILES string of the molecule is Cc1ccccc1C(=O)Nc1ccc(C(=O)N2CC=Cc3ccccc32)cc1. The second-order valence-electron chi connectivity index (χ2n) is 6.72. The van der Waals surface area contributed by atoms with Crippen LogP contribution in [0.15, 0.2) is 78.9 Å². The summed E-state index contributed by atoms with van der Waals surface area (Å²) in [6.07, 6.45) is 4.01. The van der Waals surface area contributed by atoms with Gasteiger partial charge in [-0.05, 0) is 54.4 Å². The topological polar surface area (TPSA) is 49.4 Å². The van der Waals surface area contributed by atoms with E-state index in [1.54, 1.807) is 35.2 Å². The monoisotopic (exact) mass is 368 g/mol. The summed E-state index contributed by atoms with van der Waals surface area (Å²) < 4.78 is 0. The van der Waals surface area contributed by atoms with Crippen LogP contribution in [-0.4, -0.2) is 18.4 Å². The lowest BCUT2D eigenvalue weighted by Crippen LogP contribution is -2.33. The first-order valence-corrected chi connectivity index (χ1v) is 9.18. The van der Waals surface area contributed by atoms with Crippen LogP contribution in [0.5, 0.6) is 0 Å². The molecule has 1 aliphatic heterocycles. The lowest BCUT2D eigenvalue weighted by Gasteiger charge is -2.26. The molecule has 0 spiro atoms. The molecule has 1 heterocycles. The van der Waals surface area contributed by atoms with Crippen molar-refractivity contribution in [3.8, 4) is 0 Å². The van der Waals surface area contributed by atoms with Gasteiger partial charge in [0, 0.05) is 23.4 Å². The van der Waals surface area contributed by atoms with E-state index in [-0.39, 0.29) is 11.8 Å². The van der Waals surface area contributed by atoms with Gasteiger partial charge >= 0.3 is 0 Å². The van der Waals surface area contributed by atoms with Crippen LogP contribution < -0.4 is 10.2 Å². The maximum absolute atomic E-state index is 13.0. The molecular weight excluding hydrogens is 348 g/mol. The third-order valence-corrected chi connectivity index (χ3v) is 4.84. The molecule has 4 nitrogen and oxygen atoms in total. The maximum Gasteiger partial charge on any atom is 0.258 e. The standard InChI is InChI=1S/C24H20N2O2/c1-17-7-2-4-10-21(17)23(27)25-20-14-12-19(13-15-20)24(28)26-16-6-9-18-8-3-5-11-22(18)26/h2-15H,16H2,1H3,(H,25,27). The van der Waals surface area contributed by atoms with Gasteiger partial charge in [0.05, 0.1) is 5.69 Å². The van der Waals surface area contributed by atoms with Crippen molar-refractivity contribution >= 4 is 29.3 Å². The van der Waals surface area contributed by atoms with Gasteiger partial charge in [0.1, 0.15) is 0 Å². The Morgan fingerprint density at radius 3 is 2.39 bits per heavy atom. The lowest BCUT2D eigenvalue weighted by atomic mass is 10.1. The van der Waals surface area contributed by atoms with Gasteiger partial charge in [-0.25, -0.2) is 0 Å². The van der Waals surface area contributed by atoms with Crippen molar-refractivity contribution in [2.75, 3.05) is 16.8 Å². The normalized spacial score (nSPS) is 12.4. The number of nitrogens with zero attached hydrogens (tertiary/aromatic N) is 1. The summed E-state index contributed by atoms with van der Waals surface area (Å²) in [5, 5.41) is 2.89. The van der Waals surface area contributed by atoms with Gasteiger partial charge in [0.15, 0.2) is 0 Å². The number of anilines is 2. The fraction of sp³-hybridized carbons (Fsp3) is 0.0833. The fourth-order valence-corrected chi connectivity index (χ4v) is 3.33. The predicted octanol–water partition coefficient (Wildman–Crippen LogP) is 4.92. The molecule has 1 aliphatic rings. The molecule has 0 saturated carbocycles. The number of hydrogen-bond donors (Lipinski definition) is 1. The first kappa shape index (κ1) is 17.7. The van der Waals surface area contributed by atoms with E-state index in [4.69, 9.17) is 0 Å². The van der Waals surface area contributed by atoms with Crippen molar-refractivity contribution in [2.24, 2.45) is 0 Å². The summed E-state index contributed by atoms with van der Waals surface area (Å²) in [6, 6.07) is 22.3.